The van der Waals surface area contributed by atoms with Gasteiger partial charge in [-0.1, -0.05) is 6.08 Å². The van der Waals surface area contributed by atoms with Crippen LogP contribution >= 0.6 is 0 Å². The molecule has 0 aromatic heterocycles. The Labute approximate surface area is 149 Å². The third-order valence-corrected chi connectivity index (χ3v) is 5.50. The second kappa shape index (κ2) is 7.34. The molecule has 0 radical (unpaired) electrons. The summed E-state index contributed by atoms with van der Waals surface area (Å²) in [5.74, 6) is 1.34. The Morgan fingerprint density at radius 1 is 1.24 bits per heavy atom. The smallest absolute Gasteiger partial charge is 0.165 e. The van der Waals surface area contributed by atoms with Crippen molar-refractivity contribution in [1.82, 2.24) is 10.2 Å². The molecular formula is C20H27FN2O2. The zero-order valence-corrected chi connectivity index (χ0v) is 14.9. The predicted molar refractivity (Wildman–Crippen MR) is 96.6 cm³/mol. The number of piperidine rings is 1. The molecule has 1 N–H and O–H groups in total. The molecule has 3 aliphatic rings. The normalized spacial score (nSPS) is 24.2. The maximum Gasteiger partial charge on any atom is 0.165 e. The molecule has 2 fully saturated rings. The molecule has 0 amide bonds. The monoisotopic (exact) mass is 346 g/mol. The molecule has 25 heavy (non-hydrogen) atoms. The van der Waals surface area contributed by atoms with E-state index in [4.69, 9.17) is 9.47 Å². The zero-order chi connectivity index (χ0) is 17.2. The lowest BCUT2D eigenvalue weighted by molar-refractivity contribution is 0.212. The molecule has 5 heteroatoms. The summed E-state index contributed by atoms with van der Waals surface area (Å²) in [4.78, 5) is 2.48. The number of methoxy groups -OCH3 is 1. The number of hydrogen-bond acceptors (Lipinski definition) is 4. The highest BCUT2D eigenvalue weighted by molar-refractivity contribution is 5.74. The first kappa shape index (κ1) is 16.9. The van der Waals surface area contributed by atoms with Crippen LogP contribution in [0.2, 0.25) is 0 Å². The van der Waals surface area contributed by atoms with E-state index in [0.29, 0.717) is 18.6 Å². The lowest BCUT2D eigenvalue weighted by Gasteiger charge is -2.31. The molecule has 1 aromatic rings. The van der Waals surface area contributed by atoms with Gasteiger partial charge in [-0.05, 0) is 49.8 Å². The van der Waals surface area contributed by atoms with Crippen molar-refractivity contribution in [2.75, 3.05) is 39.9 Å². The quantitative estimate of drug-likeness (QED) is 0.858. The van der Waals surface area contributed by atoms with Crippen molar-refractivity contribution in [1.29, 1.82) is 0 Å². The first-order chi connectivity index (χ1) is 12.2. The van der Waals surface area contributed by atoms with E-state index in [9.17, 15) is 4.39 Å². The number of halogens is 1. The van der Waals surface area contributed by atoms with E-state index in [-0.39, 0.29) is 11.6 Å². The molecule has 1 saturated heterocycles. The van der Waals surface area contributed by atoms with Gasteiger partial charge in [-0.15, -0.1) is 0 Å². The molecule has 2 heterocycles. The number of rotatable bonds is 6. The van der Waals surface area contributed by atoms with Crippen molar-refractivity contribution in [3.63, 3.8) is 0 Å². The molecular weight excluding hydrogens is 319 g/mol. The number of nitrogens with one attached hydrogen (secondary N) is 1. The van der Waals surface area contributed by atoms with E-state index in [0.717, 1.165) is 43.1 Å². The fourth-order valence-electron chi connectivity index (χ4n) is 3.75. The van der Waals surface area contributed by atoms with Crippen LogP contribution in [0.25, 0.3) is 5.57 Å². The van der Waals surface area contributed by atoms with E-state index in [1.54, 1.807) is 12.1 Å². The van der Waals surface area contributed by atoms with Crippen molar-refractivity contribution in [3.8, 4) is 11.5 Å². The molecule has 1 aromatic carbocycles. The lowest BCUT2D eigenvalue weighted by atomic mass is 10.0. The second-order valence-corrected chi connectivity index (χ2v) is 7.40. The van der Waals surface area contributed by atoms with Gasteiger partial charge in [0.05, 0.1) is 13.7 Å². The molecule has 1 atom stereocenters. The van der Waals surface area contributed by atoms with E-state index in [1.165, 1.54) is 32.8 Å². The minimum atomic E-state index is -0.324. The number of nitrogens with zero attached hydrogens (tertiary/aromatic N) is 1. The highest BCUT2D eigenvalue weighted by Crippen LogP contribution is 2.37. The fourth-order valence-corrected chi connectivity index (χ4v) is 3.75. The van der Waals surface area contributed by atoms with Crippen molar-refractivity contribution >= 4 is 5.57 Å². The Bertz CT molecular complexity index is 651. The Hall–Kier alpha value is -1.59. The molecule has 4 nitrogen and oxygen atoms in total. The summed E-state index contributed by atoms with van der Waals surface area (Å²) in [6.45, 7) is 4.66. The van der Waals surface area contributed by atoms with Gasteiger partial charge in [-0.25, -0.2) is 4.39 Å². The van der Waals surface area contributed by atoms with Crippen LogP contribution in [-0.4, -0.2) is 50.8 Å². The molecule has 136 valence electrons. The van der Waals surface area contributed by atoms with Gasteiger partial charge >= 0.3 is 0 Å². The molecule has 0 unspecified atom stereocenters. The Balaban J connectivity index is 1.52. The van der Waals surface area contributed by atoms with Crippen molar-refractivity contribution < 1.29 is 13.9 Å². The van der Waals surface area contributed by atoms with E-state index < -0.39 is 0 Å². The predicted octanol–water partition coefficient (Wildman–Crippen LogP) is 3.07. The first-order valence-electron chi connectivity index (χ1n) is 9.39. The number of ether oxygens (including phenoxy) is 2. The topological polar surface area (TPSA) is 33.7 Å². The molecule has 0 bridgehead atoms. The fraction of sp³-hybridized carbons (Fsp3) is 0.600. The average Bonchev–Trinajstić information content (AvgIpc) is 3.35. The summed E-state index contributed by atoms with van der Waals surface area (Å²) in [6, 6.07) is 3.86. The van der Waals surface area contributed by atoms with Gasteiger partial charge in [0.1, 0.15) is 5.75 Å². The Kier molecular flexibility index (Phi) is 4.95. The summed E-state index contributed by atoms with van der Waals surface area (Å²) in [5.41, 5.74) is 2.04. The van der Waals surface area contributed by atoms with Crippen LogP contribution in [-0.2, 0) is 0 Å². The second-order valence-electron chi connectivity index (χ2n) is 7.40. The van der Waals surface area contributed by atoms with E-state index in [2.05, 4.69) is 16.3 Å². The average molecular weight is 346 g/mol. The van der Waals surface area contributed by atoms with Crippen LogP contribution in [0.5, 0.6) is 11.5 Å². The van der Waals surface area contributed by atoms with Crippen molar-refractivity contribution in [3.05, 3.63) is 29.6 Å². The van der Waals surface area contributed by atoms with Crippen molar-refractivity contribution in [2.45, 2.75) is 31.7 Å². The first-order valence-corrected chi connectivity index (χ1v) is 9.39. The van der Waals surface area contributed by atoms with Crippen LogP contribution in [0.4, 0.5) is 4.39 Å². The molecule has 1 saturated carbocycles. The van der Waals surface area contributed by atoms with Gasteiger partial charge in [-0.2, -0.15) is 0 Å². The summed E-state index contributed by atoms with van der Waals surface area (Å²) >= 11 is 0. The summed E-state index contributed by atoms with van der Waals surface area (Å²) < 4.78 is 25.5. The number of benzene rings is 1. The summed E-state index contributed by atoms with van der Waals surface area (Å²) in [5, 5.41) is 3.48. The standard InChI is InChI=1S/C20H27FN2O2/c1-24-20-10-19(25-13-14-4-5-14)17(9-18(20)21)15-6-8-23(12-15)16-3-2-7-22-11-16/h6,9-10,14,16,22H,2-5,7-8,11-13H2,1H3/t16-/m1/s1. The third-order valence-electron chi connectivity index (χ3n) is 5.50. The van der Waals surface area contributed by atoms with Crippen LogP contribution < -0.4 is 14.8 Å². The third kappa shape index (κ3) is 3.82. The molecule has 4 rings (SSSR count). The Morgan fingerprint density at radius 3 is 2.84 bits per heavy atom. The molecule has 2 aliphatic heterocycles. The van der Waals surface area contributed by atoms with Crippen LogP contribution in [0, 0.1) is 11.7 Å². The van der Waals surface area contributed by atoms with E-state index >= 15 is 0 Å². The van der Waals surface area contributed by atoms with Crippen molar-refractivity contribution in [2.24, 2.45) is 5.92 Å². The largest absolute Gasteiger partial charge is 0.494 e. The minimum absolute atomic E-state index is 0.251. The molecule has 1 aliphatic carbocycles. The van der Waals surface area contributed by atoms with Crippen LogP contribution in [0.15, 0.2) is 18.2 Å². The van der Waals surface area contributed by atoms with E-state index in [1.807, 2.05) is 0 Å². The Morgan fingerprint density at radius 2 is 2.12 bits per heavy atom. The van der Waals surface area contributed by atoms with Crippen LogP contribution in [0.3, 0.4) is 0 Å². The summed E-state index contributed by atoms with van der Waals surface area (Å²) in [6.07, 6.45) is 7.15. The zero-order valence-electron chi connectivity index (χ0n) is 14.9. The van der Waals surface area contributed by atoms with Gasteiger partial charge in [0.2, 0.25) is 0 Å². The maximum atomic E-state index is 14.3. The minimum Gasteiger partial charge on any atom is -0.494 e. The lowest BCUT2D eigenvalue weighted by Crippen LogP contribution is -2.45. The number of hydrogen-bond donors (Lipinski definition) is 1. The van der Waals surface area contributed by atoms with Crippen LogP contribution in [0.1, 0.15) is 31.2 Å². The summed E-state index contributed by atoms with van der Waals surface area (Å²) in [7, 11) is 1.50. The van der Waals surface area contributed by atoms with Gasteiger partial charge in [0, 0.05) is 37.3 Å². The highest BCUT2D eigenvalue weighted by atomic mass is 19.1. The highest BCUT2D eigenvalue weighted by Gasteiger charge is 2.28. The van der Waals surface area contributed by atoms with Gasteiger partial charge in [0.15, 0.2) is 11.6 Å². The maximum absolute atomic E-state index is 14.3. The van der Waals surface area contributed by atoms with Gasteiger partial charge in [0.25, 0.3) is 0 Å². The van der Waals surface area contributed by atoms with Gasteiger partial charge < -0.3 is 14.8 Å². The SMILES string of the molecule is COc1cc(OCC2CC2)c(C2=CCN([C@@H]3CCCNC3)C2)cc1F. The molecule has 0 spiro atoms. The van der Waals surface area contributed by atoms with Gasteiger partial charge in [-0.3, -0.25) is 4.90 Å².